The van der Waals surface area contributed by atoms with Crippen LogP contribution in [0.1, 0.15) is 6.92 Å². The quantitative estimate of drug-likeness (QED) is 0.715. The summed E-state index contributed by atoms with van der Waals surface area (Å²) in [7, 11) is -2.03. The van der Waals surface area contributed by atoms with Crippen LogP contribution in [0.3, 0.4) is 0 Å². The molecule has 2 rings (SSSR count). The number of nitrogens with two attached hydrogens (primary N) is 1. The molecular formula is C12H17N3O3S. The highest BCUT2D eigenvalue weighted by molar-refractivity contribution is 7.89. The van der Waals surface area contributed by atoms with Crippen molar-refractivity contribution in [2.45, 2.75) is 17.9 Å². The van der Waals surface area contributed by atoms with Gasteiger partial charge in [0, 0.05) is 36.4 Å². The SMILES string of the molecule is COC(C)CNS(=O)(=O)c1c[nH]c2cc(N)ccc12. The van der Waals surface area contributed by atoms with Crippen molar-refractivity contribution >= 4 is 26.6 Å². The first-order chi connectivity index (χ1) is 8.94. The molecule has 0 saturated heterocycles. The smallest absolute Gasteiger partial charge is 0.242 e. The predicted molar refractivity (Wildman–Crippen MR) is 74.4 cm³/mol. The number of benzene rings is 1. The maximum atomic E-state index is 12.2. The van der Waals surface area contributed by atoms with Gasteiger partial charge in [0.1, 0.15) is 4.90 Å². The molecule has 0 aliphatic rings. The Bertz CT molecular complexity index is 679. The van der Waals surface area contributed by atoms with E-state index in [0.29, 0.717) is 16.6 Å². The highest BCUT2D eigenvalue weighted by atomic mass is 32.2. The third kappa shape index (κ3) is 2.89. The molecule has 0 radical (unpaired) electrons. The van der Waals surface area contributed by atoms with E-state index in [1.807, 2.05) is 0 Å². The number of hydrogen-bond acceptors (Lipinski definition) is 4. The predicted octanol–water partition coefficient (Wildman–Crippen LogP) is 1.06. The first-order valence-electron chi connectivity index (χ1n) is 5.83. The summed E-state index contributed by atoms with van der Waals surface area (Å²) in [5, 5.41) is 0.617. The van der Waals surface area contributed by atoms with E-state index in [1.54, 1.807) is 25.1 Å². The minimum absolute atomic E-state index is 0.185. The maximum Gasteiger partial charge on any atom is 0.242 e. The van der Waals surface area contributed by atoms with Gasteiger partial charge in [0.2, 0.25) is 10.0 Å². The van der Waals surface area contributed by atoms with Gasteiger partial charge < -0.3 is 15.5 Å². The molecule has 0 fully saturated rings. The first-order valence-corrected chi connectivity index (χ1v) is 7.31. The number of anilines is 1. The number of sulfonamides is 1. The fraction of sp³-hybridized carbons (Fsp3) is 0.333. The van der Waals surface area contributed by atoms with Crippen LogP contribution in [0.4, 0.5) is 5.69 Å². The summed E-state index contributed by atoms with van der Waals surface area (Å²) in [6.07, 6.45) is 1.28. The average molecular weight is 283 g/mol. The first kappa shape index (κ1) is 13.9. The van der Waals surface area contributed by atoms with E-state index < -0.39 is 10.0 Å². The van der Waals surface area contributed by atoms with Gasteiger partial charge in [0.25, 0.3) is 0 Å². The third-order valence-electron chi connectivity index (χ3n) is 2.92. The Hall–Kier alpha value is -1.57. The molecule has 1 unspecified atom stereocenters. The summed E-state index contributed by atoms with van der Waals surface area (Å²) in [6.45, 7) is 2.01. The minimum Gasteiger partial charge on any atom is -0.399 e. The van der Waals surface area contributed by atoms with Gasteiger partial charge in [-0.25, -0.2) is 13.1 Å². The van der Waals surface area contributed by atoms with Crippen molar-refractivity contribution in [3.63, 3.8) is 0 Å². The van der Waals surface area contributed by atoms with Crippen LogP contribution in [0.25, 0.3) is 10.9 Å². The van der Waals surface area contributed by atoms with Crippen LogP contribution in [0.2, 0.25) is 0 Å². The Morgan fingerprint density at radius 3 is 2.89 bits per heavy atom. The Morgan fingerprint density at radius 2 is 2.21 bits per heavy atom. The van der Waals surface area contributed by atoms with Crippen molar-refractivity contribution in [1.82, 2.24) is 9.71 Å². The van der Waals surface area contributed by atoms with E-state index in [0.717, 1.165) is 0 Å². The topological polar surface area (TPSA) is 97.2 Å². The molecule has 0 saturated carbocycles. The Labute approximate surface area is 112 Å². The molecule has 1 atom stereocenters. The van der Waals surface area contributed by atoms with Crippen LogP contribution in [0.5, 0.6) is 0 Å². The Balaban J connectivity index is 2.33. The van der Waals surface area contributed by atoms with Crippen molar-refractivity contribution in [3.8, 4) is 0 Å². The van der Waals surface area contributed by atoms with Crippen molar-refractivity contribution in [1.29, 1.82) is 0 Å². The lowest BCUT2D eigenvalue weighted by Crippen LogP contribution is -2.31. The standard InChI is InChI=1S/C12H17N3O3S/c1-8(18-2)6-15-19(16,17)12-7-14-11-5-9(13)3-4-10(11)12/h3-5,7-8,14-15H,6,13H2,1-2H3. The van der Waals surface area contributed by atoms with Crippen LogP contribution < -0.4 is 10.5 Å². The monoisotopic (exact) mass is 283 g/mol. The summed E-state index contributed by atoms with van der Waals surface area (Å²) in [4.78, 5) is 3.12. The lowest BCUT2D eigenvalue weighted by Gasteiger charge is -2.10. The fourth-order valence-corrected chi connectivity index (χ4v) is 3.02. The van der Waals surface area contributed by atoms with Gasteiger partial charge >= 0.3 is 0 Å². The van der Waals surface area contributed by atoms with Gasteiger partial charge in [-0.3, -0.25) is 0 Å². The van der Waals surface area contributed by atoms with Gasteiger partial charge in [0.05, 0.1) is 6.10 Å². The van der Waals surface area contributed by atoms with Gasteiger partial charge in [-0.05, 0) is 25.1 Å². The zero-order chi connectivity index (χ0) is 14.0. The number of nitrogen functional groups attached to an aromatic ring is 1. The van der Waals surface area contributed by atoms with Gasteiger partial charge in [0.15, 0.2) is 0 Å². The van der Waals surface area contributed by atoms with E-state index in [1.165, 1.54) is 13.3 Å². The number of ether oxygens (including phenoxy) is 1. The highest BCUT2D eigenvalue weighted by Gasteiger charge is 2.19. The number of rotatable bonds is 5. The van der Waals surface area contributed by atoms with Crippen LogP contribution in [-0.4, -0.2) is 33.2 Å². The molecule has 0 bridgehead atoms. The largest absolute Gasteiger partial charge is 0.399 e. The van der Waals surface area contributed by atoms with Crippen molar-refractivity contribution < 1.29 is 13.2 Å². The molecule has 0 aliphatic heterocycles. The molecule has 104 valence electrons. The molecule has 0 aliphatic carbocycles. The van der Waals surface area contributed by atoms with E-state index in [4.69, 9.17) is 10.5 Å². The van der Waals surface area contributed by atoms with Crippen molar-refractivity contribution in [2.75, 3.05) is 19.4 Å². The van der Waals surface area contributed by atoms with Gasteiger partial charge in [-0.2, -0.15) is 0 Å². The molecular weight excluding hydrogens is 266 g/mol. The van der Waals surface area contributed by atoms with Crippen LogP contribution in [0, 0.1) is 0 Å². The molecule has 2 aromatic rings. The van der Waals surface area contributed by atoms with Gasteiger partial charge in [-0.15, -0.1) is 0 Å². The van der Waals surface area contributed by atoms with Crippen LogP contribution >= 0.6 is 0 Å². The van der Waals surface area contributed by atoms with E-state index >= 15 is 0 Å². The molecule has 19 heavy (non-hydrogen) atoms. The summed E-state index contributed by atoms with van der Waals surface area (Å²) >= 11 is 0. The number of H-pyrrole nitrogens is 1. The second-order valence-corrected chi connectivity index (χ2v) is 6.09. The number of methoxy groups -OCH3 is 1. The highest BCUT2D eigenvalue weighted by Crippen LogP contribution is 2.24. The second-order valence-electron chi connectivity index (χ2n) is 4.36. The molecule has 6 nitrogen and oxygen atoms in total. The maximum absolute atomic E-state index is 12.2. The number of nitrogens with one attached hydrogen (secondary N) is 2. The molecule has 1 heterocycles. The summed E-state index contributed by atoms with van der Waals surface area (Å²) in [6, 6.07) is 5.06. The number of fused-ring (bicyclic) bond motifs is 1. The Morgan fingerprint density at radius 1 is 1.47 bits per heavy atom. The summed E-state index contributed by atoms with van der Waals surface area (Å²) < 4.78 is 31.9. The van der Waals surface area contributed by atoms with E-state index in [-0.39, 0.29) is 17.5 Å². The van der Waals surface area contributed by atoms with E-state index in [2.05, 4.69) is 9.71 Å². The molecule has 1 aromatic carbocycles. The minimum atomic E-state index is -3.56. The molecule has 7 heteroatoms. The van der Waals surface area contributed by atoms with Crippen LogP contribution in [0.15, 0.2) is 29.3 Å². The lowest BCUT2D eigenvalue weighted by molar-refractivity contribution is 0.122. The molecule has 4 N–H and O–H groups in total. The van der Waals surface area contributed by atoms with Crippen LogP contribution in [-0.2, 0) is 14.8 Å². The Kier molecular flexibility index (Phi) is 3.79. The number of aromatic nitrogens is 1. The molecule has 1 aromatic heterocycles. The fourth-order valence-electron chi connectivity index (χ4n) is 1.73. The average Bonchev–Trinajstić information content (AvgIpc) is 2.79. The van der Waals surface area contributed by atoms with Crippen molar-refractivity contribution in [2.24, 2.45) is 0 Å². The second kappa shape index (κ2) is 5.20. The molecule has 0 amide bonds. The number of hydrogen-bond donors (Lipinski definition) is 3. The normalized spacial score (nSPS) is 13.8. The van der Waals surface area contributed by atoms with Crippen molar-refractivity contribution in [3.05, 3.63) is 24.4 Å². The number of aromatic amines is 1. The zero-order valence-corrected chi connectivity index (χ0v) is 11.6. The summed E-state index contributed by atoms with van der Waals surface area (Å²) in [5.41, 5.74) is 6.93. The van der Waals surface area contributed by atoms with E-state index in [9.17, 15) is 8.42 Å². The molecule has 0 spiro atoms. The zero-order valence-electron chi connectivity index (χ0n) is 10.8. The summed E-state index contributed by atoms with van der Waals surface area (Å²) in [5.74, 6) is 0. The van der Waals surface area contributed by atoms with Gasteiger partial charge in [-0.1, -0.05) is 0 Å². The third-order valence-corrected chi connectivity index (χ3v) is 4.38. The lowest BCUT2D eigenvalue weighted by atomic mass is 10.2.